The fourth-order valence-corrected chi connectivity index (χ4v) is 1.78. The van der Waals surface area contributed by atoms with Gasteiger partial charge in [0.25, 0.3) is 0 Å². The molecule has 1 N–H and O–H groups in total. The van der Waals surface area contributed by atoms with Gasteiger partial charge in [-0.2, -0.15) is 4.39 Å². The van der Waals surface area contributed by atoms with Crippen molar-refractivity contribution >= 4 is 27.7 Å². The molecule has 1 amide bonds. The third-order valence-corrected chi connectivity index (χ3v) is 2.87. The number of anilines is 1. The molecule has 1 heterocycles. The minimum atomic E-state index is -0.630. The first-order valence-corrected chi connectivity index (χ1v) is 6.24. The number of nitrogens with zero attached hydrogens (tertiary/aromatic N) is 1. The molecule has 6 heteroatoms. The number of rotatable bonds is 3. The standard InChI is InChI=1S/C13H10BrFN2O2/c14-12-10(6-7-11(15)17-12)16-13(18)19-8-9-4-2-1-3-5-9/h1-7H,8H2,(H,16,18). The van der Waals surface area contributed by atoms with E-state index >= 15 is 0 Å². The van der Waals surface area contributed by atoms with E-state index in [0.29, 0.717) is 5.69 Å². The van der Waals surface area contributed by atoms with Gasteiger partial charge in [-0.25, -0.2) is 9.78 Å². The molecule has 2 aromatic rings. The number of carbonyl (C=O) groups excluding carboxylic acids is 1. The Morgan fingerprint density at radius 3 is 2.68 bits per heavy atom. The highest BCUT2D eigenvalue weighted by atomic mass is 79.9. The predicted molar refractivity (Wildman–Crippen MR) is 72.1 cm³/mol. The molecule has 0 aliphatic carbocycles. The van der Waals surface area contributed by atoms with Crippen LogP contribution in [0.5, 0.6) is 0 Å². The SMILES string of the molecule is O=C(Nc1ccc(F)nc1Br)OCc1ccccc1. The van der Waals surface area contributed by atoms with Crippen LogP contribution in [0.25, 0.3) is 0 Å². The predicted octanol–water partition coefficient (Wildman–Crippen LogP) is 3.73. The maximum absolute atomic E-state index is 12.8. The van der Waals surface area contributed by atoms with Crippen molar-refractivity contribution in [1.29, 1.82) is 0 Å². The largest absolute Gasteiger partial charge is 0.444 e. The van der Waals surface area contributed by atoms with E-state index in [0.717, 1.165) is 11.6 Å². The monoisotopic (exact) mass is 324 g/mol. The Balaban J connectivity index is 1.91. The van der Waals surface area contributed by atoms with E-state index in [1.807, 2.05) is 30.3 Å². The Hall–Kier alpha value is -1.95. The number of hydrogen-bond acceptors (Lipinski definition) is 3. The Kier molecular flexibility index (Phi) is 4.46. The lowest BCUT2D eigenvalue weighted by Gasteiger charge is -2.08. The average Bonchev–Trinajstić information content (AvgIpc) is 2.41. The van der Waals surface area contributed by atoms with Gasteiger partial charge >= 0.3 is 6.09 Å². The fraction of sp³-hybridized carbons (Fsp3) is 0.0769. The van der Waals surface area contributed by atoms with Gasteiger partial charge in [0.05, 0.1) is 5.69 Å². The zero-order chi connectivity index (χ0) is 13.7. The Morgan fingerprint density at radius 1 is 1.26 bits per heavy atom. The van der Waals surface area contributed by atoms with Gasteiger partial charge in [-0.1, -0.05) is 30.3 Å². The van der Waals surface area contributed by atoms with E-state index in [1.165, 1.54) is 6.07 Å². The quantitative estimate of drug-likeness (QED) is 0.875. The number of aromatic nitrogens is 1. The van der Waals surface area contributed by atoms with E-state index in [1.54, 1.807) is 0 Å². The summed E-state index contributed by atoms with van der Waals surface area (Å²) in [5.74, 6) is -0.630. The zero-order valence-electron chi connectivity index (χ0n) is 9.77. The van der Waals surface area contributed by atoms with Crippen molar-refractivity contribution in [2.45, 2.75) is 6.61 Å². The van der Waals surface area contributed by atoms with Gasteiger partial charge in [0.2, 0.25) is 5.95 Å². The molecule has 0 spiro atoms. The van der Waals surface area contributed by atoms with E-state index in [-0.39, 0.29) is 11.2 Å². The molecule has 1 aromatic carbocycles. The third-order valence-electron chi connectivity index (χ3n) is 2.26. The summed E-state index contributed by atoms with van der Waals surface area (Å²) in [5, 5.41) is 2.47. The van der Waals surface area contributed by atoms with Gasteiger partial charge in [0.15, 0.2) is 0 Å². The van der Waals surface area contributed by atoms with Crippen LogP contribution in [0.3, 0.4) is 0 Å². The summed E-state index contributed by atoms with van der Waals surface area (Å²) in [6.45, 7) is 0.166. The highest BCUT2D eigenvalue weighted by Gasteiger charge is 2.08. The van der Waals surface area contributed by atoms with Gasteiger partial charge in [-0.15, -0.1) is 0 Å². The number of pyridine rings is 1. The number of amides is 1. The fourth-order valence-electron chi connectivity index (χ4n) is 1.37. The molecular formula is C13H10BrFN2O2. The van der Waals surface area contributed by atoms with Gasteiger partial charge < -0.3 is 4.74 Å². The zero-order valence-corrected chi connectivity index (χ0v) is 11.4. The first-order chi connectivity index (χ1) is 9.15. The minimum Gasteiger partial charge on any atom is -0.444 e. The van der Waals surface area contributed by atoms with E-state index in [2.05, 4.69) is 26.2 Å². The highest BCUT2D eigenvalue weighted by Crippen LogP contribution is 2.19. The summed E-state index contributed by atoms with van der Waals surface area (Å²) in [5.41, 5.74) is 1.23. The maximum Gasteiger partial charge on any atom is 0.412 e. The van der Waals surface area contributed by atoms with Crippen molar-refractivity contribution in [2.24, 2.45) is 0 Å². The average molecular weight is 325 g/mol. The van der Waals surface area contributed by atoms with Crippen molar-refractivity contribution in [3.05, 3.63) is 58.6 Å². The van der Waals surface area contributed by atoms with E-state index in [9.17, 15) is 9.18 Å². The molecule has 0 bridgehead atoms. The highest BCUT2D eigenvalue weighted by molar-refractivity contribution is 9.10. The Bertz CT molecular complexity index is 578. The number of halogens is 2. The molecule has 0 unspecified atom stereocenters. The topological polar surface area (TPSA) is 51.2 Å². The number of ether oxygens (including phenoxy) is 1. The van der Waals surface area contributed by atoms with Crippen molar-refractivity contribution in [1.82, 2.24) is 4.98 Å². The number of benzene rings is 1. The first-order valence-electron chi connectivity index (χ1n) is 5.45. The maximum atomic E-state index is 12.8. The molecule has 0 fully saturated rings. The van der Waals surface area contributed by atoms with Crippen LogP contribution in [0, 0.1) is 5.95 Å². The molecule has 98 valence electrons. The number of hydrogen-bond donors (Lipinski definition) is 1. The van der Waals surface area contributed by atoms with Gasteiger partial charge in [-0.3, -0.25) is 5.32 Å². The molecule has 0 saturated carbocycles. The lowest BCUT2D eigenvalue weighted by Crippen LogP contribution is -2.14. The molecule has 0 aliphatic heterocycles. The Morgan fingerprint density at radius 2 is 2.00 bits per heavy atom. The van der Waals surface area contributed by atoms with Crippen LogP contribution in [0.1, 0.15) is 5.56 Å². The number of carbonyl (C=O) groups is 1. The van der Waals surface area contributed by atoms with Gasteiger partial charge in [-0.05, 0) is 33.6 Å². The summed E-state index contributed by atoms with van der Waals surface area (Å²) in [7, 11) is 0. The van der Waals surface area contributed by atoms with Crippen molar-refractivity contribution in [3.8, 4) is 0 Å². The second-order valence-electron chi connectivity index (χ2n) is 3.66. The molecule has 0 aliphatic rings. The summed E-state index contributed by atoms with van der Waals surface area (Å²) in [4.78, 5) is 15.1. The summed E-state index contributed by atoms with van der Waals surface area (Å²) in [6, 6.07) is 11.8. The first kappa shape index (κ1) is 13.5. The number of nitrogens with one attached hydrogen (secondary N) is 1. The van der Waals surface area contributed by atoms with Gasteiger partial charge in [0, 0.05) is 0 Å². The lowest BCUT2D eigenvalue weighted by molar-refractivity contribution is 0.155. The van der Waals surface area contributed by atoms with Crippen LogP contribution in [-0.4, -0.2) is 11.1 Å². The smallest absolute Gasteiger partial charge is 0.412 e. The molecule has 2 rings (SSSR count). The third kappa shape index (κ3) is 4.03. The van der Waals surface area contributed by atoms with Crippen molar-refractivity contribution in [3.63, 3.8) is 0 Å². The molecule has 0 saturated heterocycles. The normalized spacial score (nSPS) is 10.0. The van der Waals surface area contributed by atoms with Crippen LogP contribution < -0.4 is 5.32 Å². The lowest BCUT2D eigenvalue weighted by atomic mass is 10.2. The second kappa shape index (κ2) is 6.29. The summed E-state index contributed by atoms with van der Waals surface area (Å²) >= 11 is 3.05. The van der Waals surface area contributed by atoms with E-state index < -0.39 is 12.0 Å². The second-order valence-corrected chi connectivity index (χ2v) is 4.41. The van der Waals surface area contributed by atoms with Gasteiger partial charge in [0.1, 0.15) is 11.2 Å². The molecule has 4 nitrogen and oxygen atoms in total. The molecule has 19 heavy (non-hydrogen) atoms. The van der Waals surface area contributed by atoms with Crippen LogP contribution in [-0.2, 0) is 11.3 Å². The summed E-state index contributed by atoms with van der Waals surface area (Å²) in [6.07, 6.45) is -0.627. The minimum absolute atomic E-state index is 0.166. The summed E-state index contributed by atoms with van der Waals surface area (Å²) < 4.78 is 18.0. The van der Waals surface area contributed by atoms with Crippen molar-refractivity contribution in [2.75, 3.05) is 5.32 Å². The van der Waals surface area contributed by atoms with Crippen LogP contribution in [0.2, 0.25) is 0 Å². The van der Waals surface area contributed by atoms with Crippen LogP contribution in [0.15, 0.2) is 47.1 Å². The van der Waals surface area contributed by atoms with E-state index in [4.69, 9.17) is 4.74 Å². The van der Waals surface area contributed by atoms with Crippen LogP contribution in [0.4, 0.5) is 14.9 Å². The molecule has 0 radical (unpaired) electrons. The van der Waals surface area contributed by atoms with Crippen molar-refractivity contribution < 1.29 is 13.9 Å². The molecule has 0 atom stereocenters. The Labute approximate surface area is 117 Å². The molecular weight excluding hydrogens is 315 g/mol. The van der Waals surface area contributed by atoms with Crippen LogP contribution >= 0.6 is 15.9 Å². The molecule has 1 aromatic heterocycles.